The van der Waals surface area contributed by atoms with Crippen molar-refractivity contribution in [1.82, 2.24) is 0 Å². The summed E-state index contributed by atoms with van der Waals surface area (Å²) >= 11 is 0. The Morgan fingerprint density at radius 2 is 1.89 bits per heavy atom. The molecule has 0 unspecified atom stereocenters. The van der Waals surface area contributed by atoms with Gasteiger partial charge < -0.3 is 29.9 Å². The van der Waals surface area contributed by atoms with Crippen molar-refractivity contribution in [3.63, 3.8) is 0 Å². The number of amidine groups is 1. The van der Waals surface area contributed by atoms with E-state index in [0.717, 1.165) is 6.42 Å². The summed E-state index contributed by atoms with van der Waals surface area (Å²) in [5.74, 6) is -0.492. The van der Waals surface area contributed by atoms with E-state index < -0.39 is 11.6 Å². The first-order valence-corrected chi connectivity index (χ1v) is 9.26. The second kappa shape index (κ2) is 12.3. The zero-order chi connectivity index (χ0) is 20.1. The van der Waals surface area contributed by atoms with Gasteiger partial charge in [-0.3, -0.25) is 4.79 Å². The first-order chi connectivity index (χ1) is 13.0. The van der Waals surface area contributed by atoms with Crippen LogP contribution in [0.4, 0.5) is 0 Å². The number of oxime groups is 1. The first-order valence-electron chi connectivity index (χ1n) is 9.26. The van der Waals surface area contributed by atoms with Crippen LogP contribution in [0.15, 0.2) is 17.0 Å². The molecule has 0 saturated heterocycles. The van der Waals surface area contributed by atoms with Gasteiger partial charge in [0.25, 0.3) is 0 Å². The number of nitrogens with zero attached hydrogens (tertiary/aromatic N) is 1. The lowest BCUT2D eigenvalue weighted by molar-refractivity contribution is -0.143. The molecule has 154 valence electrons. The molecule has 9 nitrogen and oxygen atoms in total. The third kappa shape index (κ3) is 7.96. The SMILES string of the molecule is CCOC(=O)/C=C(\CCCC(=O)OCC)O/N=C(/N)C1(OCCO)CCC1. The van der Waals surface area contributed by atoms with Crippen LogP contribution in [0.3, 0.4) is 0 Å². The molecular weight excluding hydrogens is 356 g/mol. The van der Waals surface area contributed by atoms with Crippen molar-refractivity contribution in [2.24, 2.45) is 10.9 Å². The highest BCUT2D eigenvalue weighted by molar-refractivity contribution is 5.89. The van der Waals surface area contributed by atoms with Crippen molar-refractivity contribution in [2.75, 3.05) is 26.4 Å². The molecule has 0 atom stereocenters. The number of allylic oxidation sites excluding steroid dienone is 1. The molecule has 0 aromatic rings. The van der Waals surface area contributed by atoms with Crippen molar-refractivity contribution in [1.29, 1.82) is 0 Å². The second-order valence-corrected chi connectivity index (χ2v) is 6.01. The van der Waals surface area contributed by atoms with E-state index >= 15 is 0 Å². The van der Waals surface area contributed by atoms with E-state index in [2.05, 4.69) is 5.16 Å². The molecule has 9 heteroatoms. The van der Waals surface area contributed by atoms with Gasteiger partial charge in [-0.2, -0.15) is 0 Å². The summed E-state index contributed by atoms with van der Waals surface area (Å²) in [4.78, 5) is 28.5. The molecule has 0 radical (unpaired) electrons. The predicted octanol–water partition coefficient (Wildman–Crippen LogP) is 1.39. The van der Waals surface area contributed by atoms with Crippen LogP contribution in [-0.2, 0) is 28.6 Å². The van der Waals surface area contributed by atoms with Crippen LogP contribution < -0.4 is 5.73 Å². The van der Waals surface area contributed by atoms with Gasteiger partial charge in [0.2, 0.25) is 0 Å². The first kappa shape index (κ1) is 22.9. The lowest BCUT2D eigenvalue weighted by Gasteiger charge is -2.40. The van der Waals surface area contributed by atoms with Crippen LogP contribution in [-0.4, -0.2) is 54.9 Å². The molecule has 0 heterocycles. The number of carbonyl (C=O) groups excluding carboxylic acids is 2. The maximum atomic E-state index is 11.7. The van der Waals surface area contributed by atoms with Crippen LogP contribution in [0.2, 0.25) is 0 Å². The number of esters is 2. The fraction of sp³-hybridized carbons (Fsp3) is 0.722. The number of aliphatic hydroxyl groups excluding tert-OH is 1. The number of carbonyl (C=O) groups is 2. The van der Waals surface area contributed by atoms with E-state index in [9.17, 15) is 9.59 Å². The van der Waals surface area contributed by atoms with Gasteiger partial charge in [-0.25, -0.2) is 4.79 Å². The minimum atomic E-state index is -0.733. The number of hydrogen-bond acceptors (Lipinski definition) is 8. The van der Waals surface area contributed by atoms with Gasteiger partial charge in [0, 0.05) is 12.8 Å². The van der Waals surface area contributed by atoms with Gasteiger partial charge in [0.05, 0.1) is 32.5 Å². The lowest BCUT2D eigenvalue weighted by atomic mass is 9.79. The van der Waals surface area contributed by atoms with E-state index in [4.69, 9.17) is 29.9 Å². The molecule has 0 aromatic heterocycles. The number of aliphatic hydroxyl groups is 1. The molecule has 1 fully saturated rings. The summed E-state index contributed by atoms with van der Waals surface area (Å²) in [5, 5.41) is 12.9. The van der Waals surface area contributed by atoms with Crippen LogP contribution in [0.25, 0.3) is 0 Å². The highest BCUT2D eigenvalue weighted by Gasteiger charge is 2.42. The molecule has 0 amide bonds. The summed E-state index contributed by atoms with van der Waals surface area (Å²) in [5.41, 5.74) is 5.28. The van der Waals surface area contributed by atoms with Crippen molar-refractivity contribution < 1.29 is 33.7 Å². The number of ether oxygens (including phenoxy) is 3. The molecule has 0 aliphatic heterocycles. The van der Waals surface area contributed by atoms with Gasteiger partial charge in [0.1, 0.15) is 11.4 Å². The van der Waals surface area contributed by atoms with Gasteiger partial charge >= 0.3 is 11.9 Å². The van der Waals surface area contributed by atoms with Crippen molar-refractivity contribution in [3.05, 3.63) is 11.8 Å². The molecule has 1 saturated carbocycles. The Hall–Kier alpha value is -2.13. The number of rotatable bonds is 13. The number of nitrogens with two attached hydrogens (primary N) is 1. The Bertz CT molecular complexity index is 542. The lowest BCUT2D eigenvalue weighted by Crippen LogP contribution is -2.52. The van der Waals surface area contributed by atoms with E-state index in [-0.39, 0.29) is 43.8 Å². The standard InChI is InChI=1S/C18H30N2O7/c1-3-24-15(22)8-5-7-14(13-16(23)25-4-2)27-20-17(19)18(9-6-10-18)26-12-11-21/h13,21H,3-12H2,1-2H3,(H2,19,20)/b14-13+. The fourth-order valence-electron chi connectivity index (χ4n) is 2.50. The summed E-state index contributed by atoms with van der Waals surface area (Å²) < 4.78 is 15.4. The van der Waals surface area contributed by atoms with E-state index in [1.165, 1.54) is 6.08 Å². The van der Waals surface area contributed by atoms with Crippen molar-refractivity contribution in [2.45, 2.75) is 58.0 Å². The maximum Gasteiger partial charge on any atom is 0.334 e. The van der Waals surface area contributed by atoms with Gasteiger partial charge in [-0.05, 0) is 39.5 Å². The molecule has 3 N–H and O–H groups in total. The average Bonchev–Trinajstić information content (AvgIpc) is 2.59. The highest BCUT2D eigenvalue weighted by atomic mass is 16.6. The fourth-order valence-corrected chi connectivity index (χ4v) is 2.50. The van der Waals surface area contributed by atoms with Crippen molar-refractivity contribution >= 4 is 17.8 Å². The summed E-state index contributed by atoms with van der Waals surface area (Å²) in [6, 6.07) is 0. The second-order valence-electron chi connectivity index (χ2n) is 6.01. The Balaban J connectivity index is 2.71. The number of hydrogen-bond donors (Lipinski definition) is 2. The summed E-state index contributed by atoms with van der Waals surface area (Å²) in [6.07, 6.45) is 4.40. The predicted molar refractivity (Wildman–Crippen MR) is 97.5 cm³/mol. The summed E-state index contributed by atoms with van der Waals surface area (Å²) in [6.45, 7) is 4.02. The zero-order valence-corrected chi connectivity index (χ0v) is 16.1. The minimum absolute atomic E-state index is 0.113. The smallest absolute Gasteiger partial charge is 0.334 e. The molecule has 27 heavy (non-hydrogen) atoms. The normalized spacial score (nSPS) is 16.4. The molecule has 0 spiro atoms. The van der Waals surface area contributed by atoms with Crippen LogP contribution >= 0.6 is 0 Å². The van der Waals surface area contributed by atoms with E-state index in [1.807, 2.05) is 0 Å². The monoisotopic (exact) mass is 386 g/mol. The van der Waals surface area contributed by atoms with Gasteiger partial charge in [-0.15, -0.1) is 0 Å². The van der Waals surface area contributed by atoms with Crippen LogP contribution in [0.5, 0.6) is 0 Å². The molecule has 1 aliphatic rings. The molecule has 1 rings (SSSR count). The largest absolute Gasteiger partial charge is 0.466 e. The molecule has 0 bridgehead atoms. The molecular formula is C18H30N2O7. The topological polar surface area (TPSA) is 130 Å². The highest BCUT2D eigenvalue weighted by Crippen LogP contribution is 2.36. The Morgan fingerprint density at radius 1 is 1.19 bits per heavy atom. The zero-order valence-electron chi connectivity index (χ0n) is 16.1. The van der Waals surface area contributed by atoms with E-state index in [0.29, 0.717) is 32.3 Å². The molecule has 1 aliphatic carbocycles. The Morgan fingerprint density at radius 3 is 2.44 bits per heavy atom. The van der Waals surface area contributed by atoms with Crippen LogP contribution in [0, 0.1) is 0 Å². The average molecular weight is 386 g/mol. The summed E-state index contributed by atoms with van der Waals surface area (Å²) in [7, 11) is 0. The van der Waals surface area contributed by atoms with Gasteiger partial charge in [-0.1, -0.05) is 5.16 Å². The third-order valence-electron chi connectivity index (χ3n) is 4.03. The minimum Gasteiger partial charge on any atom is -0.466 e. The van der Waals surface area contributed by atoms with E-state index in [1.54, 1.807) is 13.8 Å². The van der Waals surface area contributed by atoms with Gasteiger partial charge in [0.15, 0.2) is 5.84 Å². The molecule has 0 aromatic carbocycles. The Kier molecular flexibility index (Phi) is 10.4. The quantitative estimate of drug-likeness (QED) is 0.121. The van der Waals surface area contributed by atoms with Crippen LogP contribution in [0.1, 0.15) is 52.4 Å². The maximum absolute atomic E-state index is 11.7. The Labute approximate surface area is 159 Å². The third-order valence-corrected chi connectivity index (χ3v) is 4.03. The van der Waals surface area contributed by atoms with Crippen molar-refractivity contribution in [3.8, 4) is 0 Å².